The smallest absolute Gasteiger partial charge is 0.401 e. The van der Waals surface area contributed by atoms with Crippen LogP contribution in [0.5, 0.6) is 0 Å². The molecule has 0 fully saturated rings. The monoisotopic (exact) mass is 456 g/mol. The molecule has 0 aromatic rings. The summed E-state index contributed by atoms with van der Waals surface area (Å²) in [5.41, 5.74) is -4.32. The molecule has 6 N–H and O–H groups in total. The predicted octanol–water partition coefficient (Wildman–Crippen LogP) is 2.90. The molecule has 0 saturated heterocycles. The summed E-state index contributed by atoms with van der Waals surface area (Å²) >= 11 is 0. The van der Waals surface area contributed by atoms with Gasteiger partial charge in [-0.3, -0.25) is 0 Å². The van der Waals surface area contributed by atoms with E-state index >= 15 is 0 Å². The van der Waals surface area contributed by atoms with Crippen LogP contribution < -0.4 is 11.5 Å². The van der Waals surface area contributed by atoms with Crippen molar-refractivity contribution in [3.63, 3.8) is 0 Å². The van der Waals surface area contributed by atoms with Gasteiger partial charge in [-0.25, -0.2) is 4.39 Å². The van der Waals surface area contributed by atoms with Gasteiger partial charge in [0.1, 0.15) is 6.67 Å². The largest absolute Gasteiger partial charge is 0.430 e. The van der Waals surface area contributed by atoms with Crippen molar-refractivity contribution in [1.29, 1.82) is 0 Å². The van der Waals surface area contributed by atoms with E-state index in [2.05, 4.69) is 0 Å². The van der Waals surface area contributed by atoms with Crippen molar-refractivity contribution in [3.05, 3.63) is 46.8 Å². The number of rotatable bonds is 3. The molecule has 0 aromatic carbocycles. The second kappa shape index (κ2) is 6.90. The summed E-state index contributed by atoms with van der Waals surface area (Å²) in [5, 5.41) is 19.3. The van der Waals surface area contributed by atoms with E-state index in [-0.39, 0.29) is 6.08 Å². The van der Waals surface area contributed by atoms with E-state index in [0.717, 1.165) is 6.08 Å². The van der Waals surface area contributed by atoms with Gasteiger partial charge in [-0.2, -0.15) is 39.5 Å². The number of fused-ring (bicyclic) bond motifs is 1. The minimum Gasteiger partial charge on any atom is -0.401 e. The molecular weight excluding hydrogens is 442 g/mol. The molecule has 0 saturated carbocycles. The highest BCUT2D eigenvalue weighted by atomic mass is 19.4. The third-order valence-corrected chi connectivity index (χ3v) is 4.97. The molecule has 0 amide bonds. The summed E-state index contributed by atoms with van der Waals surface area (Å²) in [7, 11) is 0. The van der Waals surface area contributed by atoms with Gasteiger partial charge in [-0.15, -0.1) is 0 Å². The van der Waals surface area contributed by atoms with Crippen LogP contribution in [0.25, 0.3) is 0 Å². The standard InChI is InChI=1S/C16H14F10N2O2/c17-5-12(29,14(18,19)20)7-3-1-6-2-4-8(11(28)9(6)10(7)27)13(30,15(21,22)23)16(24,25)26/h1-4,6,9,29-30H,5,27-28H2. The molecule has 0 heterocycles. The van der Waals surface area contributed by atoms with Crippen molar-refractivity contribution in [2.45, 2.75) is 29.7 Å². The Balaban J connectivity index is 2.75. The van der Waals surface area contributed by atoms with Gasteiger partial charge in [0.2, 0.25) is 5.60 Å². The third kappa shape index (κ3) is 3.25. The van der Waals surface area contributed by atoms with Crippen LogP contribution in [0, 0.1) is 11.8 Å². The van der Waals surface area contributed by atoms with E-state index in [1.165, 1.54) is 0 Å². The van der Waals surface area contributed by atoms with Crippen LogP contribution in [0.1, 0.15) is 0 Å². The van der Waals surface area contributed by atoms with Gasteiger partial charge >= 0.3 is 18.5 Å². The molecular formula is C16H14F10N2O2. The lowest BCUT2D eigenvalue weighted by Crippen LogP contribution is -2.59. The van der Waals surface area contributed by atoms with Gasteiger partial charge in [0, 0.05) is 34.4 Å². The van der Waals surface area contributed by atoms with Gasteiger partial charge in [0.15, 0.2) is 0 Å². The van der Waals surface area contributed by atoms with Crippen LogP contribution in [-0.2, 0) is 0 Å². The van der Waals surface area contributed by atoms with Crippen LogP contribution in [0.4, 0.5) is 43.9 Å². The van der Waals surface area contributed by atoms with E-state index in [9.17, 15) is 54.1 Å². The first kappa shape index (κ1) is 24.1. The maximum Gasteiger partial charge on any atom is 0.430 e. The first-order valence-electron chi connectivity index (χ1n) is 7.92. The van der Waals surface area contributed by atoms with Crippen LogP contribution in [0.2, 0.25) is 0 Å². The zero-order chi connectivity index (χ0) is 23.5. The van der Waals surface area contributed by atoms with Gasteiger partial charge < -0.3 is 21.7 Å². The number of hydrogen-bond acceptors (Lipinski definition) is 4. The fraction of sp³-hybridized carbons (Fsp3) is 0.500. The molecule has 3 unspecified atom stereocenters. The number of hydrogen-bond donors (Lipinski definition) is 4. The Morgan fingerprint density at radius 2 is 1.13 bits per heavy atom. The Kier molecular flexibility index (Phi) is 5.53. The molecule has 3 atom stereocenters. The fourth-order valence-corrected chi connectivity index (χ4v) is 3.28. The fourth-order valence-electron chi connectivity index (χ4n) is 3.28. The second-order valence-electron chi connectivity index (χ2n) is 6.71. The Morgan fingerprint density at radius 1 is 0.733 bits per heavy atom. The Bertz CT molecular complexity index is 820. The van der Waals surface area contributed by atoms with Crippen molar-refractivity contribution in [1.82, 2.24) is 0 Å². The Hall–Kier alpha value is -2.22. The zero-order valence-electron chi connectivity index (χ0n) is 14.5. The van der Waals surface area contributed by atoms with E-state index in [4.69, 9.17) is 11.5 Å². The maximum atomic E-state index is 13.2. The van der Waals surface area contributed by atoms with E-state index in [0.29, 0.717) is 12.2 Å². The van der Waals surface area contributed by atoms with Crippen molar-refractivity contribution in [2.75, 3.05) is 6.67 Å². The SMILES string of the molecule is NC1=C(C(O)(CF)C(F)(F)F)C=CC2C=CC(C(O)(C(F)(F)F)C(F)(F)F)=C(N)C12. The van der Waals surface area contributed by atoms with Crippen LogP contribution in [-0.4, -0.2) is 46.6 Å². The number of aliphatic hydroxyl groups is 2. The van der Waals surface area contributed by atoms with Gasteiger partial charge in [-0.05, 0) is 0 Å². The molecule has 2 aliphatic rings. The summed E-state index contributed by atoms with van der Waals surface area (Å²) in [5.74, 6) is -3.15. The Labute approximate surface area is 161 Å². The Morgan fingerprint density at radius 3 is 1.50 bits per heavy atom. The molecule has 14 heteroatoms. The average molecular weight is 456 g/mol. The summed E-state index contributed by atoms with van der Waals surface area (Å²) in [6.45, 7) is -2.43. The first-order chi connectivity index (χ1) is 13.3. The quantitative estimate of drug-likeness (QED) is 0.492. The van der Waals surface area contributed by atoms with Crippen molar-refractivity contribution in [3.8, 4) is 0 Å². The molecule has 0 radical (unpaired) electrons. The van der Waals surface area contributed by atoms with Crippen LogP contribution in [0.3, 0.4) is 0 Å². The normalized spacial score (nSPS) is 25.5. The molecule has 170 valence electrons. The lowest BCUT2D eigenvalue weighted by Gasteiger charge is -2.41. The highest BCUT2D eigenvalue weighted by Crippen LogP contribution is 2.52. The lowest BCUT2D eigenvalue weighted by atomic mass is 9.71. The number of allylic oxidation sites excluding steroid dienone is 2. The predicted molar refractivity (Wildman–Crippen MR) is 81.7 cm³/mol. The highest BCUT2D eigenvalue weighted by Gasteiger charge is 2.73. The van der Waals surface area contributed by atoms with Crippen LogP contribution in [0.15, 0.2) is 46.8 Å². The van der Waals surface area contributed by atoms with Crippen molar-refractivity contribution >= 4 is 0 Å². The van der Waals surface area contributed by atoms with Gasteiger partial charge in [0.25, 0.3) is 5.60 Å². The first-order valence-corrected chi connectivity index (χ1v) is 7.92. The van der Waals surface area contributed by atoms with E-state index in [1.807, 2.05) is 0 Å². The lowest BCUT2D eigenvalue weighted by molar-refractivity contribution is -0.351. The molecule has 2 rings (SSSR count). The number of nitrogens with two attached hydrogens (primary N) is 2. The minimum atomic E-state index is -6.31. The molecule has 0 bridgehead atoms. The van der Waals surface area contributed by atoms with E-state index in [1.54, 1.807) is 0 Å². The van der Waals surface area contributed by atoms with Crippen molar-refractivity contribution < 1.29 is 54.1 Å². The number of halogens is 10. The molecule has 4 nitrogen and oxygen atoms in total. The summed E-state index contributed by atoms with van der Waals surface area (Å²) in [4.78, 5) is 0. The molecule has 30 heavy (non-hydrogen) atoms. The minimum absolute atomic E-state index is 0.241. The molecule has 0 aromatic heterocycles. The van der Waals surface area contributed by atoms with Crippen LogP contribution >= 0.6 is 0 Å². The third-order valence-electron chi connectivity index (χ3n) is 4.97. The maximum absolute atomic E-state index is 13.2. The molecule has 0 aliphatic heterocycles. The molecule has 0 spiro atoms. The van der Waals surface area contributed by atoms with E-state index < -0.39 is 70.8 Å². The summed E-state index contributed by atoms with van der Waals surface area (Å²) in [6.07, 6.45) is -15.9. The molecule has 2 aliphatic carbocycles. The highest BCUT2D eigenvalue weighted by molar-refractivity contribution is 5.50. The number of alkyl halides is 10. The zero-order valence-corrected chi connectivity index (χ0v) is 14.5. The summed E-state index contributed by atoms with van der Waals surface area (Å²) in [6, 6.07) is 0. The van der Waals surface area contributed by atoms with Crippen molar-refractivity contribution in [2.24, 2.45) is 23.3 Å². The summed E-state index contributed by atoms with van der Waals surface area (Å²) < 4.78 is 132. The topological polar surface area (TPSA) is 92.5 Å². The second-order valence-corrected chi connectivity index (χ2v) is 6.71. The average Bonchev–Trinajstić information content (AvgIpc) is 2.57. The van der Waals surface area contributed by atoms with Gasteiger partial charge in [0.05, 0.1) is 0 Å². The van der Waals surface area contributed by atoms with Gasteiger partial charge in [-0.1, -0.05) is 24.3 Å².